The van der Waals surface area contributed by atoms with Crippen molar-refractivity contribution in [3.63, 3.8) is 0 Å². The summed E-state index contributed by atoms with van der Waals surface area (Å²) in [5, 5.41) is 5.99. The number of nitrogens with zero attached hydrogens (tertiary/aromatic N) is 2. The van der Waals surface area contributed by atoms with E-state index in [0.29, 0.717) is 17.3 Å². The van der Waals surface area contributed by atoms with Crippen molar-refractivity contribution in [1.82, 2.24) is 20.0 Å². The molecule has 2 atom stereocenters. The molecular weight excluding hydrogens is 360 g/mol. The number of ether oxygens (including phenoxy) is 1. The number of amides is 1. The fourth-order valence-electron chi connectivity index (χ4n) is 3.66. The first-order valence-corrected chi connectivity index (χ1v) is 9.56. The summed E-state index contributed by atoms with van der Waals surface area (Å²) >= 11 is 0. The number of carbonyl (C=O) groups is 1. The second kappa shape index (κ2) is 7.89. The smallest absolute Gasteiger partial charge is 0.273 e. The quantitative estimate of drug-likeness (QED) is 0.786. The standard InChI is InChI=1S/C20H28N4O4/c1-13-9-23(10-14(2)28-13)20(3,4)12-21-17(25)11-24-19(27)16-8-6-5-7-15(16)18(26)22-24/h5-8,13-14H,9-12H2,1-4H3,(H,21,25)(H,22,26)/t13-,14+. The van der Waals surface area contributed by atoms with Crippen molar-refractivity contribution in [3.05, 3.63) is 45.0 Å². The fraction of sp³-hybridized carbons (Fsp3) is 0.550. The van der Waals surface area contributed by atoms with Gasteiger partial charge in [0.1, 0.15) is 6.54 Å². The number of aromatic amines is 1. The van der Waals surface area contributed by atoms with E-state index < -0.39 is 0 Å². The van der Waals surface area contributed by atoms with Crippen LogP contribution < -0.4 is 16.4 Å². The van der Waals surface area contributed by atoms with E-state index in [0.717, 1.165) is 17.8 Å². The van der Waals surface area contributed by atoms with E-state index in [1.807, 2.05) is 13.8 Å². The van der Waals surface area contributed by atoms with Crippen LogP contribution in [0.15, 0.2) is 33.9 Å². The second-order valence-electron chi connectivity index (χ2n) is 8.13. The molecule has 1 saturated heterocycles. The van der Waals surface area contributed by atoms with Crippen LogP contribution in [0.1, 0.15) is 27.7 Å². The second-order valence-corrected chi connectivity index (χ2v) is 8.13. The highest BCUT2D eigenvalue weighted by molar-refractivity contribution is 5.81. The number of aromatic nitrogens is 2. The molecule has 3 rings (SSSR count). The van der Waals surface area contributed by atoms with Gasteiger partial charge in [-0.3, -0.25) is 24.4 Å². The van der Waals surface area contributed by atoms with Gasteiger partial charge < -0.3 is 10.1 Å². The van der Waals surface area contributed by atoms with Crippen LogP contribution in [-0.4, -0.2) is 58.0 Å². The number of H-pyrrole nitrogens is 1. The first-order chi connectivity index (χ1) is 13.2. The van der Waals surface area contributed by atoms with Crippen LogP contribution in [-0.2, 0) is 16.1 Å². The monoisotopic (exact) mass is 388 g/mol. The minimum absolute atomic E-state index is 0.139. The van der Waals surface area contributed by atoms with Gasteiger partial charge in [0.05, 0.1) is 23.0 Å². The Balaban J connectivity index is 1.68. The zero-order chi connectivity index (χ0) is 20.5. The number of fused-ring (bicyclic) bond motifs is 1. The number of hydrogen-bond donors (Lipinski definition) is 2. The first-order valence-electron chi connectivity index (χ1n) is 9.56. The predicted octanol–water partition coefficient (Wildman–Crippen LogP) is 0.694. The molecule has 152 valence electrons. The number of carbonyl (C=O) groups excluding carboxylic acids is 1. The Kier molecular flexibility index (Phi) is 5.71. The summed E-state index contributed by atoms with van der Waals surface area (Å²) in [4.78, 5) is 39.4. The Hall–Kier alpha value is -2.45. The number of benzene rings is 1. The summed E-state index contributed by atoms with van der Waals surface area (Å²) in [6, 6.07) is 6.57. The molecular formula is C20H28N4O4. The summed E-state index contributed by atoms with van der Waals surface area (Å²) in [6.07, 6.45) is 0.278. The van der Waals surface area contributed by atoms with Gasteiger partial charge in [-0.25, -0.2) is 4.68 Å². The molecule has 1 fully saturated rings. The molecule has 0 unspecified atom stereocenters. The maximum atomic E-state index is 12.5. The number of rotatable bonds is 5. The molecule has 2 N–H and O–H groups in total. The lowest BCUT2D eigenvalue weighted by atomic mass is 10.00. The van der Waals surface area contributed by atoms with Crippen molar-refractivity contribution in [2.24, 2.45) is 0 Å². The third kappa shape index (κ3) is 4.34. The molecule has 0 spiro atoms. The number of nitrogens with one attached hydrogen (secondary N) is 2. The molecule has 0 bridgehead atoms. The maximum absolute atomic E-state index is 12.5. The largest absolute Gasteiger partial charge is 0.373 e. The molecule has 2 heterocycles. The van der Waals surface area contributed by atoms with Gasteiger partial charge >= 0.3 is 0 Å². The summed E-state index contributed by atoms with van der Waals surface area (Å²) in [6.45, 7) is 10.0. The van der Waals surface area contributed by atoms with Gasteiger partial charge in [0.15, 0.2) is 0 Å². The predicted molar refractivity (Wildman–Crippen MR) is 107 cm³/mol. The minimum atomic E-state index is -0.389. The Morgan fingerprint density at radius 2 is 1.79 bits per heavy atom. The summed E-state index contributed by atoms with van der Waals surface area (Å²) in [5.41, 5.74) is -1.04. The topological polar surface area (TPSA) is 96.4 Å². The van der Waals surface area contributed by atoms with E-state index in [2.05, 4.69) is 29.2 Å². The lowest BCUT2D eigenvalue weighted by molar-refractivity contribution is -0.123. The van der Waals surface area contributed by atoms with Crippen molar-refractivity contribution in [2.45, 2.75) is 52.0 Å². The molecule has 0 radical (unpaired) electrons. The number of morpholine rings is 1. The van der Waals surface area contributed by atoms with Crippen molar-refractivity contribution >= 4 is 16.7 Å². The van der Waals surface area contributed by atoms with E-state index in [9.17, 15) is 14.4 Å². The Labute approximate surface area is 163 Å². The van der Waals surface area contributed by atoms with Crippen LogP contribution in [0.5, 0.6) is 0 Å². The molecule has 8 heteroatoms. The molecule has 28 heavy (non-hydrogen) atoms. The van der Waals surface area contributed by atoms with Crippen LogP contribution in [0.4, 0.5) is 0 Å². The van der Waals surface area contributed by atoms with Crippen LogP contribution in [0.3, 0.4) is 0 Å². The highest BCUT2D eigenvalue weighted by atomic mass is 16.5. The lowest BCUT2D eigenvalue weighted by Crippen LogP contribution is -2.59. The van der Waals surface area contributed by atoms with Gasteiger partial charge in [-0.1, -0.05) is 12.1 Å². The van der Waals surface area contributed by atoms with E-state index in [1.54, 1.807) is 24.3 Å². The van der Waals surface area contributed by atoms with Gasteiger partial charge in [0.25, 0.3) is 11.1 Å². The zero-order valence-electron chi connectivity index (χ0n) is 16.8. The Morgan fingerprint density at radius 3 is 2.43 bits per heavy atom. The third-order valence-corrected chi connectivity index (χ3v) is 5.18. The molecule has 0 aliphatic carbocycles. The third-order valence-electron chi connectivity index (χ3n) is 5.18. The molecule has 1 aliphatic heterocycles. The number of hydrogen-bond acceptors (Lipinski definition) is 5. The lowest BCUT2D eigenvalue weighted by Gasteiger charge is -2.45. The maximum Gasteiger partial charge on any atom is 0.273 e. The Bertz CT molecular complexity index is 968. The van der Waals surface area contributed by atoms with Crippen LogP contribution in [0.25, 0.3) is 10.8 Å². The first kappa shape index (κ1) is 20.3. The summed E-state index contributed by atoms with van der Waals surface area (Å²) in [5.74, 6) is -0.324. The zero-order valence-corrected chi connectivity index (χ0v) is 16.8. The normalized spacial score (nSPS) is 21.0. The van der Waals surface area contributed by atoms with E-state index in [-0.39, 0.29) is 41.3 Å². The summed E-state index contributed by atoms with van der Waals surface area (Å²) in [7, 11) is 0. The molecule has 1 amide bonds. The van der Waals surface area contributed by atoms with E-state index in [1.165, 1.54) is 0 Å². The Morgan fingerprint density at radius 1 is 1.18 bits per heavy atom. The van der Waals surface area contributed by atoms with Crippen LogP contribution >= 0.6 is 0 Å². The fourth-order valence-corrected chi connectivity index (χ4v) is 3.66. The SMILES string of the molecule is C[C@@H]1CN(C(C)(C)CNC(=O)Cn2[nH]c(=O)c3ccccc3c2=O)C[C@H](C)O1. The molecule has 0 saturated carbocycles. The molecule has 2 aromatic rings. The van der Waals surface area contributed by atoms with Gasteiger partial charge in [0.2, 0.25) is 5.91 Å². The minimum Gasteiger partial charge on any atom is -0.373 e. The molecule has 1 aromatic carbocycles. The highest BCUT2D eigenvalue weighted by Crippen LogP contribution is 2.20. The van der Waals surface area contributed by atoms with Gasteiger partial charge in [-0.15, -0.1) is 0 Å². The van der Waals surface area contributed by atoms with Crippen molar-refractivity contribution in [1.29, 1.82) is 0 Å². The molecule has 1 aliphatic rings. The average molecular weight is 388 g/mol. The van der Waals surface area contributed by atoms with E-state index >= 15 is 0 Å². The van der Waals surface area contributed by atoms with Crippen molar-refractivity contribution in [2.75, 3.05) is 19.6 Å². The van der Waals surface area contributed by atoms with Gasteiger partial charge in [0, 0.05) is 25.2 Å². The van der Waals surface area contributed by atoms with Crippen molar-refractivity contribution < 1.29 is 9.53 Å². The van der Waals surface area contributed by atoms with Gasteiger partial charge in [-0.2, -0.15) is 0 Å². The van der Waals surface area contributed by atoms with Crippen LogP contribution in [0.2, 0.25) is 0 Å². The van der Waals surface area contributed by atoms with Crippen molar-refractivity contribution in [3.8, 4) is 0 Å². The van der Waals surface area contributed by atoms with E-state index in [4.69, 9.17) is 4.74 Å². The molecule has 8 nitrogen and oxygen atoms in total. The average Bonchev–Trinajstić information content (AvgIpc) is 2.63. The van der Waals surface area contributed by atoms with Gasteiger partial charge in [-0.05, 0) is 39.8 Å². The highest BCUT2D eigenvalue weighted by Gasteiger charge is 2.33. The van der Waals surface area contributed by atoms with Crippen LogP contribution in [0, 0.1) is 0 Å². The molecule has 1 aromatic heterocycles. The summed E-state index contributed by atoms with van der Waals surface area (Å²) < 4.78 is 6.84.